The largest absolute Gasteiger partial charge is 0.362 e. The SMILES string of the molecule is CCCCCCN1C=CN(C)C1. The number of hydrogen-bond acceptors (Lipinski definition) is 2. The Morgan fingerprint density at radius 3 is 2.58 bits per heavy atom. The van der Waals surface area contributed by atoms with Crippen LogP contribution in [-0.4, -0.2) is 30.1 Å². The maximum absolute atomic E-state index is 2.37. The first-order valence-corrected chi connectivity index (χ1v) is 4.95. The minimum absolute atomic E-state index is 1.08. The Morgan fingerprint density at radius 1 is 1.17 bits per heavy atom. The number of rotatable bonds is 5. The molecule has 12 heavy (non-hydrogen) atoms. The van der Waals surface area contributed by atoms with Gasteiger partial charge in [-0.1, -0.05) is 26.2 Å². The van der Waals surface area contributed by atoms with E-state index in [1.807, 2.05) is 0 Å². The van der Waals surface area contributed by atoms with Gasteiger partial charge in [-0.05, 0) is 6.42 Å². The molecule has 0 saturated heterocycles. The molecule has 0 atom stereocenters. The molecule has 0 unspecified atom stereocenters. The van der Waals surface area contributed by atoms with Crippen molar-refractivity contribution in [1.82, 2.24) is 9.80 Å². The van der Waals surface area contributed by atoms with E-state index in [4.69, 9.17) is 0 Å². The normalized spacial score (nSPS) is 16.2. The van der Waals surface area contributed by atoms with Crippen LogP contribution in [0.4, 0.5) is 0 Å². The molecule has 1 aliphatic rings. The first-order valence-electron chi connectivity index (χ1n) is 4.95. The van der Waals surface area contributed by atoms with Crippen LogP contribution in [-0.2, 0) is 0 Å². The van der Waals surface area contributed by atoms with Gasteiger partial charge in [0.05, 0.1) is 6.67 Å². The molecule has 0 bridgehead atoms. The second-order valence-electron chi connectivity index (χ2n) is 3.57. The first kappa shape index (κ1) is 9.43. The molecule has 0 fully saturated rings. The summed E-state index contributed by atoms with van der Waals surface area (Å²) in [5, 5.41) is 0. The first-order chi connectivity index (χ1) is 5.83. The maximum Gasteiger partial charge on any atom is 0.0890 e. The fourth-order valence-electron chi connectivity index (χ4n) is 1.48. The Labute approximate surface area is 75.8 Å². The van der Waals surface area contributed by atoms with Crippen molar-refractivity contribution in [1.29, 1.82) is 0 Å². The van der Waals surface area contributed by atoms with Crippen LogP contribution in [0.15, 0.2) is 12.4 Å². The summed E-state index contributed by atoms with van der Waals surface area (Å²) < 4.78 is 0. The van der Waals surface area contributed by atoms with E-state index in [0.29, 0.717) is 0 Å². The van der Waals surface area contributed by atoms with Crippen LogP contribution in [0.1, 0.15) is 32.6 Å². The second kappa shape index (κ2) is 5.07. The number of hydrogen-bond donors (Lipinski definition) is 0. The predicted octanol–water partition coefficient (Wildman–Crippen LogP) is 2.24. The van der Waals surface area contributed by atoms with Crippen LogP contribution in [0.3, 0.4) is 0 Å². The summed E-state index contributed by atoms with van der Waals surface area (Å²) >= 11 is 0. The molecule has 0 aliphatic carbocycles. The average molecular weight is 168 g/mol. The van der Waals surface area contributed by atoms with Crippen molar-refractivity contribution in [3.05, 3.63) is 12.4 Å². The lowest BCUT2D eigenvalue weighted by Gasteiger charge is -2.17. The second-order valence-corrected chi connectivity index (χ2v) is 3.57. The molecule has 0 aromatic rings. The van der Waals surface area contributed by atoms with Gasteiger partial charge in [-0.15, -0.1) is 0 Å². The summed E-state index contributed by atoms with van der Waals surface area (Å²) in [6.07, 6.45) is 9.76. The average Bonchev–Trinajstić information content (AvgIpc) is 2.45. The van der Waals surface area contributed by atoms with Crippen LogP contribution in [0.25, 0.3) is 0 Å². The molecule has 2 heteroatoms. The van der Waals surface area contributed by atoms with Gasteiger partial charge in [0.2, 0.25) is 0 Å². The minimum Gasteiger partial charge on any atom is -0.362 e. The molecule has 0 radical (unpaired) electrons. The molecular weight excluding hydrogens is 148 g/mol. The lowest BCUT2D eigenvalue weighted by atomic mass is 10.2. The maximum atomic E-state index is 2.37. The molecule has 0 spiro atoms. The van der Waals surface area contributed by atoms with E-state index in [9.17, 15) is 0 Å². The van der Waals surface area contributed by atoms with Crippen LogP contribution < -0.4 is 0 Å². The lowest BCUT2D eigenvalue weighted by molar-refractivity contribution is 0.291. The standard InChI is InChI=1S/C10H20N2/c1-3-4-5-6-7-12-9-8-11(2)10-12/h8-9H,3-7,10H2,1-2H3. The van der Waals surface area contributed by atoms with Gasteiger partial charge in [-0.3, -0.25) is 0 Å². The Kier molecular flexibility index (Phi) is 3.98. The molecule has 0 aromatic carbocycles. The van der Waals surface area contributed by atoms with Crippen molar-refractivity contribution in [2.45, 2.75) is 32.6 Å². The zero-order valence-corrected chi connectivity index (χ0v) is 8.29. The van der Waals surface area contributed by atoms with Crippen molar-refractivity contribution in [2.24, 2.45) is 0 Å². The Hall–Kier alpha value is -0.660. The van der Waals surface area contributed by atoms with Crippen molar-refractivity contribution in [3.63, 3.8) is 0 Å². The van der Waals surface area contributed by atoms with Crippen molar-refractivity contribution in [2.75, 3.05) is 20.3 Å². The van der Waals surface area contributed by atoms with Crippen LogP contribution in [0.5, 0.6) is 0 Å². The third kappa shape index (κ3) is 3.16. The minimum atomic E-state index is 1.08. The van der Waals surface area contributed by atoms with Gasteiger partial charge >= 0.3 is 0 Å². The highest BCUT2D eigenvalue weighted by atomic mass is 15.3. The molecule has 0 aromatic heterocycles. The summed E-state index contributed by atoms with van der Waals surface area (Å²) in [5.41, 5.74) is 0. The number of nitrogens with zero attached hydrogens (tertiary/aromatic N) is 2. The van der Waals surface area contributed by atoms with Crippen LogP contribution >= 0.6 is 0 Å². The molecule has 70 valence electrons. The molecule has 1 aliphatic heterocycles. The Bertz CT molecular complexity index is 143. The highest BCUT2D eigenvalue weighted by molar-refractivity contribution is 4.88. The molecule has 1 heterocycles. The highest BCUT2D eigenvalue weighted by Gasteiger charge is 2.06. The smallest absolute Gasteiger partial charge is 0.0890 e. The van der Waals surface area contributed by atoms with E-state index in [2.05, 4.69) is 36.2 Å². The van der Waals surface area contributed by atoms with Gasteiger partial charge < -0.3 is 9.80 Å². The van der Waals surface area contributed by atoms with Gasteiger partial charge in [-0.25, -0.2) is 0 Å². The van der Waals surface area contributed by atoms with E-state index in [-0.39, 0.29) is 0 Å². The highest BCUT2D eigenvalue weighted by Crippen LogP contribution is 2.06. The van der Waals surface area contributed by atoms with Crippen LogP contribution in [0.2, 0.25) is 0 Å². The fraction of sp³-hybridized carbons (Fsp3) is 0.800. The monoisotopic (exact) mass is 168 g/mol. The summed E-state index contributed by atoms with van der Waals surface area (Å²) in [6, 6.07) is 0. The van der Waals surface area contributed by atoms with Gasteiger partial charge in [-0.2, -0.15) is 0 Å². The van der Waals surface area contributed by atoms with E-state index in [1.165, 1.54) is 32.2 Å². The molecule has 2 nitrogen and oxygen atoms in total. The Balaban J connectivity index is 1.98. The fourth-order valence-corrected chi connectivity index (χ4v) is 1.48. The molecule has 0 saturated carbocycles. The predicted molar refractivity (Wildman–Crippen MR) is 52.6 cm³/mol. The van der Waals surface area contributed by atoms with E-state index >= 15 is 0 Å². The quantitative estimate of drug-likeness (QED) is 0.581. The summed E-state index contributed by atoms with van der Waals surface area (Å²) in [6.45, 7) is 4.55. The third-order valence-electron chi connectivity index (χ3n) is 2.24. The summed E-state index contributed by atoms with van der Waals surface area (Å²) in [5.74, 6) is 0. The van der Waals surface area contributed by atoms with Crippen molar-refractivity contribution >= 4 is 0 Å². The summed E-state index contributed by atoms with van der Waals surface area (Å²) in [7, 11) is 2.11. The lowest BCUT2D eigenvalue weighted by Crippen LogP contribution is -2.23. The zero-order valence-electron chi connectivity index (χ0n) is 8.29. The Morgan fingerprint density at radius 2 is 2.00 bits per heavy atom. The third-order valence-corrected chi connectivity index (χ3v) is 2.24. The van der Waals surface area contributed by atoms with Crippen molar-refractivity contribution in [3.8, 4) is 0 Å². The van der Waals surface area contributed by atoms with E-state index < -0.39 is 0 Å². The van der Waals surface area contributed by atoms with Gasteiger partial charge in [0, 0.05) is 26.0 Å². The summed E-state index contributed by atoms with van der Waals surface area (Å²) in [4.78, 5) is 4.58. The molecular formula is C10H20N2. The molecule has 0 amide bonds. The van der Waals surface area contributed by atoms with Gasteiger partial charge in [0.25, 0.3) is 0 Å². The van der Waals surface area contributed by atoms with Gasteiger partial charge in [0.1, 0.15) is 0 Å². The van der Waals surface area contributed by atoms with E-state index in [1.54, 1.807) is 0 Å². The molecule has 1 rings (SSSR count). The van der Waals surface area contributed by atoms with Crippen molar-refractivity contribution < 1.29 is 0 Å². The van der Waals surface area contributed by atoms with Gasteiger partial charge in [0.15, 0.2) is 0 Å². The molecule has 0 N–H and O–H groups in total. The number of unbranched alkanes of at least 4 members (excludes halogenated alkanes) is 3. The van der Waals surface area contributed by atoms with Crippen LogP contribution in [0, 0.1) is 0 Å². The topological polar surface area (TPSA) is 6.48 Å². The zero-order chi connectivity index (χ0) is 8.81. The van der Waals surface area contributed by atoms with E-state index in [0.717, 1.165) is 6.67 Å².